The molecule has 7 rings (SSSR count). The lowest BCUT2D eigenvalue weighted by molar-refractivity contribution is -0.384. The monoisotopic (exact) mass is 877 g/mol. The number of fused-ring (bicyclic) bond motifs is 2. The van der Waals surface area contributed by atoms with Crippen molar-refractivity contribution in [3.8, 4) is 17.2 Å². The number of nitrogens with zero attached hydrogens (tertiary/aromatic N) is 3. The molecular formula is C50H56FN3O10. The number of rotatable bonds is 21. The second-order valence-corrected chi connectivity index (χ2v) is 16.3. The lowest BCUT2D eigenvalue weighted by atomic mass is 9.55. The number of nitro benzene ring substituents is 1. The molecule has 0 aromatic heterocycles. The molecule has 1 fully saturated rings. The van der Waals surface area contributed by atoms with Gasteiger partial charge in [-0.25, -0.2) is 9.18 Å². The summed E-state index contributed by atoms with van der Waals surface area (Å²) in [4.78, 5) is 33.4. The molecule has 4 aromatic carbocycles. The minimum atomic E-state index is -1.57. The van der Waals surface area contributed by atoms with Gasteiger partial charge < -0.3 is 34.0 Å². The zero-order valence-electron chi connectivity index (χ0n) is 36.1. The van der Waals surface area contributed by atoms with Crippen LogP contribution >= 0.6 is 0 Å². The third-order valence-electron chi connectivity index (χ3n) is 12.3. The van der Waals surface area contributed by atoms with Crippen molar-refractivity contribution >= 4 is 17.5 Å². The van der Waals surface area contributed by atoms with Crippen LogP contribution in [0.2, 0.25) is 0 Å². The molecule has 6 atom stereocenters. The molecule has 338 valence electrons. The molecule has 3 aliphatic rings. The second kappa shape index (κ2) is 21.5. The number of aliphatic hydroxyl groups is 2. The Hall–Kier alpha value is -6.09. The van der Waals surface area contributed by atoms with E-state index < -0.39 is 34.6 Å². The third kappa shape index (κ3) is 10.3. The molecule has 2 aliphatic carbocycles. The molecule has 2 N–H and O–H groups in total. The Kier molecular flexibility index (Phi) is 15.4. The maximum absolute atomic E-state index is 14.4. The minimum Gasteiger partial charge on any atom is -0.459 e. The molecule has 1 saturated carbocycles. The van der Waals surface area contributed by atoms with Gasteiger partial charge in [0.25, 0.3) is 5.69 Å². The van der Waals surface area contributed by atoms with Gasteiger partial charge in [-0.05, 0) is 97.5 Å². The molecule has 6 unspecified atom stereocenters. The maximum Gasteiger partial charge on any atom is 0.410 e. The van der Waals surface area contributed by atoms with Gasteiger partial charge in [-0.15, -0.1) is 6.58 Å². The van der Waals surface area contributed by atoms with Gasteiger partial charge in [-0.3, -0.25) is 15.0 Å². The molecule has 1 amide bonds. The number of aliphatic hydroxyl groups excluding tert-OH is 2. The van der Waals surface area contributed by atoms with Crippen molar-refractivity contribution in [2.24, 2.45) is 22.9 Å². The van der Waals surface area contributed by atoms with Crippen molar-refractivity contribution in [2.75, 3.05) is 26.4 Å². The van der Waals surface area contributed by atoms with E-state index in [0.29, 0.717) is 48.5 Å². The van der Waals surface area contributed by atoms with Gasteiger partial charge in [-0.2, -0.15) is 0 Å². The van der Waals surface area contributed by atoms with E-state index in [2.05, 4.69) is 12.7 Å². The van der Waals surface area contributed by atoms with Crippen molar-refractivity contribution in [1.29, 1.82) is 0 Å². The maximum atomic E-state index is 14.4. The summed E-state index contributed by atoms with van der Waals surface area (Å²) in [6.45, 7) is 6.16. The first kappa shape index (κ1) is 45.9. The molecule has 1 heterocycles. The average molecular weight is 878 g/mol. The van der Waals surface area contributed by atoms with Crippen LogP contribution < -0.4 is 9.47 Å². The fourth-order valence-corrected chi connectivity index (χ4v) is 9.56. The van der Waals surface area contributed by atoms with Gasteiger partial charge in [0.2, 0.25) is 5.79 Å². The highest BCUT2D eigenvalue weighted by Gasteiger charge is 2.65. The third-order valence-corrected chi connectivity index (χ3v) is 12.3. The van der Waals surface area contributed by atoms with Crippen LogP contribution in [0.3, 0.4) is 0 Å². The summed E-state index contributed by atoms with van der Waals surface area (Å²) in [7, 11) is 0. The number of unbranched alkanes of at least 4 members (excludes halogenated alkanes) is 2. The number of amides is 1. The van der Waals surface area contributed by atoms with Crippen LogP contribution in [0, 0.1) is 33.7 Å². The lowest BCUT2D eigenvalue weighted by Gasteiger charge is -2.59. The summed E-state index contributed by atoms with van der Waals surface area (Å²) in [5.41, 5.74) is 3.70. The fourth-order valence-electron chi connectivity index (χ4n) is 9.56. The molecule has 0 saturated heterocycles. The molecule has 0 radical (unpaired) electrons. The van der Waals surface area contributed by atoms with E-state index in [1.54, 1.807) is 54.3 Å². The van der Waals surface area contributed by atoms with E-state index in [9.17, 15) is 29.5 Å². The number of carbonyl (C=O) groups excluding carboxylic acids is 1. The highest BCUT2D eigenvalue weighted by Crippen LogP contribution is 2.62. The van der Waals surface area contributed by atoms with Gasteiger partial charge in [0.15, 0.2) is 0 Å². The Labute approximate surface area is 372 Å². The number of benzene rings is 4. The minimum absolute atomic E-state index is 0.0213. The van der Waals surface area contributed by atoms with Crippen molar-refractivity contribution in [3.05, 3.63) is 154 Å². The van der Waals surface area contributed by atoms with Crippen LogP contribution in [0.1, 0.15) is 74.5 Å². The van der Waals surface area contributed by atoms with Crippen LogP contribution in [0.5, 0.6) is 17.2 Å². The smallest absolute Gasteiger partial charge is 0.410 e. The summed E-state index contributed by atoms with van der Waals surface area (Å²) in [6, 6.07) is 26.2. The normalized spacial score (nSPS) is 22.6. The number of ether oxygens (including phenoxy) is 4. The molecule has 14 heteroatoms. The first-order chi connectivity index (χ1) is 31.2. The topological polar surface area (TPSA) is 162 Å². The van der Waals surface area contributed by atoms with Crippen LogP contribution in [-0.2, 0) is 27.5 Å². The number of nitro groups is 1. The SMILES string of the molecule is C=CCOC12Oc3ccc(Oc4cccc([N+](=O)[O-])c4)cc3C3C(CCCCO)C(CCCCO)C=C(C(=NOCc4ccccc4)CC1N(Cc1ccc(F)cc1)C(=O)OCC)C32. The Bertz CT molecular complexity index is 2290. The van der Waals surface area contributed by atoms with E-state index >= 15 is 0 Å². The molecule has 1 aliphatic heterocycles. The van der Waals surface area contributed by atoms with Gasteiger partial charge in [0, 0.05) is 43.7 Å². The van der Waals surface area contributed by atoms with Crippen LogP contribution in [0.15, 0.2) is 127 Å². The Morgan fingerprint density at radius 1 is 0.969 bits per heavy atom. The van der Waals surface area contributed by atoms with Crippen LogP contribution in [0.25, 0.3) is 0 Å². The largest absolute Gasteiger partial charge is 0.459 e. The van der Waals surface area contributed by atoms with Crippen LogP contribution in [-0.4, -0.2) is 70.1 Å². The average Bonchev–Trinajstić information content (AvgIpc) is 3.30. The highest BCUT2D eigenvalue weighted by molar-refractivity contribution is 6.03. The Morgan fingerprint density at radius 3 is 2.44 bits per heavy atom. The lowest BCUT2D eigenvalue weighted by Crippen LogP contribution is -2.70. The summed E-state index contributed by atoms with van der Waals surface area (Å²) in [5.74, 6) is -1.85. The second-order valence-electron chi connectivity index (χ2n) is 16.3. The summed E-state index contributed by atoms with van der Waals surface area (Å²) < 4.78 is 40.7. The van der Waals surface area contributed by atoms with Crippen molar-refractivity contribution in [2.45, 2.75) is 82.8 Å². The summed E-state index contributed by atoms with van der Waals surface area (Å²) in [5, 5.41) is 36.4. The van der Waals surface area contributed by atoms with Gasteiger partial charge in [0.1, 0.15) is 35.7 Å². The Balaban J connectivity index is 1.45. The van der Waals surface area contributed by atoms with Crippen molar-refractivity contribution < 1.29 is 48.1 Å². The molecule has 4 aromatic rings. The molecule has 64 heavy (non-hydrogen) atoms. The number of hydrogen-bond acceptors (Lipinski definition) is 11. The number of hydrogen-bond donors (Lipinski definition) is 2. The standard InChI is InChI=1S/C50H56FN3O10/c1-3-27-61-50-46(53(49(57)60-4-2)32-34-19-21-37(51)22-20-34)31-44(52-62-33-35-13-6-5-7-14-35)42-28-36(15-8-10-25-55)41(18-9-11-26-56)47(48(42)50)43-30-40(23-24-45(43)64-50)63-39-17-12-16-38(29-39)54(58)59/h3,5-7,12-14,16-17,19-24,28-30,36,41,46-48,55-56H,1,4,8-11,15,18,25-27,31-33H2,2H3. The van der Waals surface area contributed by atoms with E-state index in [1.165, 1.54) is 24.3 Å². The zero-order valence-corrected chi connectivity index (χ0v) is 36.1. The Morgan fingerprint density at radius 2 is 1.72 bits per heavy atom. The number of carbonyl (C=O) groups is 1. The first-order valence-electron chi connectivity index (χ1n) is 22.0. The van der Waals surface area contributed by atoms with Gasteiger partial charge in [0.05, 0.1) is 35.8 Å². The quantitative estimate of drug-likeness (QED) is 0.0357. The highest BCUT2D eigenvalue weighted by atomic mass is 19.1. The first-order valence-corrected chi connectivity index (χ1v) is 22.0. The van der Waals surface area contributed by atoms with E-state index in [4.69, 9.17) is 28.9 Å². The van der Waals surface area contributed by atoms with Gasteiger partial charge >= 0.3 is 6.09 Å². The van der Waals surface area contributed by atoms with E-state index in [-0.39, 0.29) is 75.2 Å². The number of halogens is 1. The fraction of sp³-hybridized carbons (Fsp3) is 0.400. The number of oxime groups is 1. The zero-order chi connectivity index (χ0) is 45.1. The number of non-ortho nitro benzene ring substituents is 1. The van der Waals surface area contributed by atoms with E-state index in [0.717, 1.165) is 29.5 Å². The predicted octanol–water partition coefficient (Wildman–Crippen LogP) is 10.0. The van der Waals surface area contributed by atoms with Crippen molar-refractivity contribution in [1.82, 2.24) is 4.90 Å². The van der Waals surface area contributed by atoms with Gasteiger partial charge in [-0.1, -0.05) is 78.7 Å². The van der Waals surface area contributed by atoms with E-state index in [1.807, 2.05) is 36.4 Å². The van der Waals surface area contributed by atoms with Crippen LogP contribution in [0.4, 0.5) is 14.9 Å². The number of allylic oxidation sites excluding steroid dienone is 1. The van der Waals surface area contributed by atoms with Crippen molar-refractivity contribution in [3.63, 3.8) is 0 Å². The predicted molar refractivity (Wildman–Crippen MR) is 238 cm³/mol. The summed E-state index contributed by atoms with van der Waals surface area (Å²) >= 11 is 0. The summed E-state index contributed by atoms with van der Waals surface area (Å²) in [6.07, 6.45) is 7.52. The molecule has 0 bridgehead atoms. The molecule has 13 nitrogen and oxygen atoms in total. The molecule has 0 spiro atoms. The molecular weight excluding hydrogens is 822 g/mol.